The first kappa shape index (κ1) is 16.0. The summed E-state index contributed by atoms with van der Waals surface area (Å²) in [7, 11) is -2.05. The zero-order valence-corrected chi connectivity index (χ0v) is 13.0. The number of carbonyl (C=O) groups is 1. The maximum Gasteiger partial charge on any atom is 0.307 e. The number of sulfone groups is 1. The average Bonchev–Trinajstić information content (AvgIpc) is 2.27. The van der Waals surface area contributed by atoms with E-state index < -0.39 is 27.5 Å². The van der Waals surface area contributed by atoms with E-state index in [-0.39, 0.29) is 5.75 Å². The van der Waals surface area contributed by atoms with Gasteiger partial charge < -0.3 is 9.84 Å². The van der Waals surface area contributed by atoms with Crippen molar-refractivity contribution in [3.05, 3.63) is 28.2 Å². The first-order chi connectivity index (χ1) is 8.75. The molecule has 1 N–H and O–H groups in total. The molecule has 0 fully saturated rings. The van der Waals surface area contributed by atoms with Gasteiger partial charge in [0.15, 0.2) is 9.84 Å². The fourth-order valence-corrected chi connectivity index (χ4v) is 3.74. The first-order valence-corrected chi connectivity index (χ1v) is 8.12. The van der Waals surface area contributed by atoms with Crippen LogP contribution in [0.1, 0.15) is 12.5 Å². The van der Waals surface area contributed by atoms with Crippen LogP contribution in [0.2, 0.25) is 0 Å². The van der Waals surface area contributed by atoms with Crippen LogP contribution in [0.25, 0.3) is 0 Å². The van der Waals surface area contributed by atoms with Gasteiger partial charge >= 0.3 is 5.97 Å². The van der Waals surface area contributed by atoms with Crippen molar-refractivity contribution in [1.82, 2.24) is 0 Å². The second-order valence-corrected chi connectivity index (χ2v) is 7.27. The summed E-state index contributed by atoms with van der Waals surface area (Å²) in [6.45, 7) is 1.37. The average molecular weight is 351 g/mol. The Bertz CT molecular complexity index is 567. The Balaban J connectivity index is 2.95. The molecule has 1 aromatic carbocycles. The van der Waals surface area contributed by atoms with E-state index in [2.05, 4.69) is 15.9 Å². The minimum Gasteiger partial charge on any atom is -0.496 e. The third-order valence-corrected chi connectivity index (χ3v) is 4.80. The fraction of sp³-hybridized carbons (Fsp3) is 0.417. The van der Waals surface area contributed by atoms with Crippen LogP contribution in [-0.4, -0.2) is 32.4 Å². The van der Waals surface area contributed by atoms with Gasteiger partial charge in [0.05, 0.1) is 24.5 Å². The van der Waals surface area contributed by atoms with Gasteiger partial charge in [-0.2, -0.15) is 0 Å². The molecule has 0 aliphatic heterocycles. The fourth-order valence-electron chi connectivity index (χ4n) is 1.61. The van der Waals surface area contributed by atoms with Crippen molar-refractivity contribution in [2.75, 3.05) is 12.9 Å². The third kappa shape index (κ3) is 4.83. The quantitative estimate of drug-likeness (QED) is 0.849. The number of methoxy groups -OCH3 is 1. The van der Waals surface area contributed by atoms with Gasteiger partial charge in [-0.15, -0.1) is 0 Å². The molecule has 7 heteroatoms. The van der Waals surface area contributed by atoms with Crippen LogP contribution >= 0.6 is 15.9 Å². The summed E-state index contributed by atoms with van der Waals surface area (Å²) in [5.74, 6) is -2.21. The highest BCUT2D eigenvalue weighted by Crippen LogP contribution is 2.25. The number of carboxylic acids is 1. The van der Waals surface area contributed by atoms with Gasteiger partial charge in [-0.1, -0.05) is 22.9 Å². The molecule has 0 bridgehead atoms. The second kappa shape index (κ2) is 6.38. The molecule has 0 aliphatic rings. The summed E-state index contributed by atoms with van der Waals surface area (Å²) in [5.41, 5.74) is 0.509. The highest BCUT2D eigenvalue weighted by atomic mass is 79.9. The van der Waals surface area contributed by atoms with E-state index in [1.165, 1.54) is 14.0 Å². The molecule has 0 heterocycles. The molecule has 1 atom stereocenters. The lowest BCUT2D eigenvalue weighted by Gasteiger charge is -2.11. The van der Waals surface area contributed by atoms with Crippen molar-refractivity contribution in [3.8, 4) is 5.75 Å². The van der Waals surface area contributed by atoms with Gasteiger partial charge in [0.2, 0.25) is 0 Å². The van der Waals surface area contributed by atoms with Crippen molar-refractivity contribution in [2.45, 2.75) is 12.7 Å². The minimum absolute atomic E-state index is 0.243. The summed E-state index contributed by atoms with van der Waals surface area (Å²) in [5, 5.41) is 8.76. The molecular weight excluding hydrogens is 336 g/mol. The molecule has 5 nitrogen and oxygen atoms in total. The van der Waals surface area contributed by atoms with Crippen LogP contribution in [0.3, 0.4) is 0 Å². The van der Waals surface area contributed by atoms with E-state index in [0.717, 1.165) is 4.47 Å². The molecule has 19 heavy (non-hydrogen) atoms. The van der Waals surface area contributed by atoms with Gasteiger partial charge in [0, 0.05) is 10.0 Å². The number of aliphatic carboxylic acids is 1. The minimum atomic E-state index is -3.51. The van der Waals surface area contributed by atoms with Crippen molar-refractivity contribution in [3.63, 3.8) is 0 Å². The maximum absolute atomic E-state index is 12.0. The van der Waals surface area contributed by atoms with E-state index in [0.29, 0.717) is 11.3 Å². The standard InChI is InChI=1S/C12H15BrO5S/c1-8(12(14)15)6-19(16,17)7-9-5-10(13)3-4-11(9)18-2/h3-5,8H,6-7H2,1-2H3,(H,14,15). The van der Waals surface area contributed by atoms with Gasteiger partial charge in [-0.05, 0) is 18.2 Å². The molecule has 0 saturated carbocycles. The van der Waals surface area contributed by atoms with Gasteiger partial charge in [-0.3, -0.25) is 4.79 Å². The smallest absolute Gasteiger partial charge is 0.307 e. The van der Waals surface area contributed by atoms with Crippen LogP contribution in [0.15, 0.2) is 22.7 Å². The normalized spacial score (nSPS) is 13.0. The Hall–Kier alpha value is -1.08. The van der Waals surface area contributed by atoms with E-state index in [4.69, 9.17) is 9.84 Å². The summed E-state index contributed by atoms with van der Waals surface area (Å²) in [4.78, 5) is 10.7. The molecule has 0 radical (unpaired) electrons. The summed E-state index contributed by atoms with van der Waals surface area (Å²) >= 11 is 3.26. The van der Waals surface area contributed by atoms with E-state index in [9.17, 15) is 13.2 Å². The number of hydrogen-bond acceptors (Lipinski definition) is 4. The summed E-state index contributed by atoms with van der Waals surface area (Å²) in [6.07, 6.45) is 0. The summed E-state index contributed by atoms with van der Waals surface area (Å²) < 4.78 is 29.8. The lowest BCUT2D eigenvalue weighted by atomic mass is 10.2. The number of halogens is 1. The highest BCUT2D eigenvalue weighted by Gasteiger charge is 2.22. The molecule has 0 aromatic heterocycles. The van der Waals surface area contributed by atoms with E-state index >= 15 is 0 Å². The number of ether oxygens (including phenoxy) is 1. The van der Waals surface area contributed by atoms with Gasteiger partial charge in [-0.25, -0.2) is 8.42 Å². The van der Waals surface area contributed by atoms with Crippen LogP contribution in [-0.2, 0) is 20.4 Å². The SMILES string of the molecule is COc1ccc(Br)cc1CS(=O)(=O)CC(C)C(=O)O. The predicted octanol–water partition coefficient (Wildman–Crippen LogP) is 2.09. The van der Waals surface area contributed by atoms with Crippen LogP contribution in [0.4, 0.5) is 0 Å². The van der Waals surface area contributed by atoms with Crippen LogP contribution in [0.5, 0.6) is 5.75 Å². The first-order valence-electron chi connectivity index (χ1n) is 5.51. The monoisotopic (exact) mass is 350 g/mol. The molecule has 0 saturated heterocycles. The third-order valence-electron chi connectivity index (χ3n) is 2.54. The number of carboxylic acid groups (broad SMARTS) is 1. The van der Waals surface area contributed by atoms with Crippen molar-refractivity contribution in [1.29, 1.82) is 0 Å². The Morgan fingerprint density at radius 3 is 2.63 bits per heavy atom. The van der Waals surface area contributed by atoms with Crippen LogP contribution in [0, 0.1) is 5.92 Å². The van der Waals surface area contributed by atoms with Crippen molar-refractivity contribution < 1.29 is 23.1 Å². The Morgan fingerprint density at radius 1 is 1.47 bits per heavy atom. The second-order valence-electron chi connectivity index (χ2n) is 4.25. The predicted molar refractivity (Wildman–Crippen MR) is 75.0 cm³/mol. The Labute approximate surface area is 120 Å². The Morgan fingerprint density at radius 2 is 2.11 bits per heavy atom. The maximum atomic E-state index is 12.0. The molecule has 1 rings (SSSR count). The number of hydrogen-bond donors (Lipinski definition) is 1. The lowest BCUT2D eigenvalue weighted by molar-refractivity contribution is -0.140. The molecule has 1 unspecified atom stereocenters. The van der Waals surface area contributed by atoms with Crippen LogP contribution < -0.4 is 4.74 Å². The molecular formula is C12H15BrO5S. The summed E-state index contributed by atoms with van der Waals surface area (Å²) in [6, 6.07) is 5.06. The Kier molecular flexibility index (Phi) is 5.37. The molecule has 106 valence electrons. The van der Waals surface area contributed by atoms with E-state index in [1.54, 1.807) is 18.2 Å². The number of rotatable bonds is 6. The number of benzene rings is 1. The molecule has 0 amide bonds. The van der Waals surface area contributed by atoms with E-state index in [1.807, 2.05) is 0 Å². The zero-order valence-electron chi connectivity index (χ0n) is 10.6. The molecule has 0 aliphatic carbocycles. The van der Waals surface area contributed by atoms with Gasteiger partial charge in [0.1, 0.15) is 5.75 Å². The zero-order chi connectivity index (χ0) is 14.6. The highest BCUT2D eigenvalue weighted by molar-refractivity contribution is 9.10. The molecule has 0 spiro atoms. The lowest BCUT2D eigenvalue weighted by Crippen LogP contribution is -2.22. The topological polar surface area (TPSA) is 80.7 Å². The van der Waals surface area contributed by atoms with Crippen molar-refractivity contribution in [2.24, 2.45) is 5.92 Å². The van der Waals surface area contributed by atoms with Gasteiger partial charge in [0.25, 0.3) is 0 Å². The van der Waals surface area contributed by atoms with Crippen molar-refractivity contribution >= 4 is 31.7 Å². The largest absolute Gasteiger partial charge is 0.496 e. The molecule has 1 aromatic rings.